The van der Waals surface area contributed by atoms with Crippen molar-refractivity contribution in [3.63, 3.8) is 0 Å². The van der Waals surface area contributed by atoms with Gasteiger partial charge >= 0.3 is 11.9 Å². The fourth-order valence-corrected chi connectivity index (χ4v) is 2.40. The van der Waals surface area contributed by atoms with Gasteiger partial charge in [-0.1, -0.05) is 0 Å². The van der Waals surface area contributed by atoms with E-state index in [4.69, 9.17) is 5.41 Å². The van der Waals surface area contributed by atoms with Crippen LogP contribution in [-0.2, 0) is 4.79 Å². The van der Waals surface area contributed by atoms with Crippen LogP contribution in [0.25, 0.3) is 0 Å². The lowest BCUT2D eigenvalue weighted by Gasteiger charge is -2.16. The minimum Gasteiger partial charge on any atom is -0.279 e. The Labute approximate surface area is 144 Å². The summed E-state index contributed by atoms with van der Waals surface area (Å²) in [5.74, 6) is -1.55. The average molecular weight is 355 g/mol. The summed E-state index contributed by atoms with van der Waals surface area (Å²) in [6.45, 7) is 0. The second-order valence-corrected chi connectivity index (χ2v) is 5.15. The minimum atomic E-state index is -0.915. The normalized spacial score (nSPS) is 14.1. The molecule has 0 atom stereocenters. The van der Waals surface area contributed by atoms with Crippen LogP contribution in [0.3, 0.4) is 0 Å². The van der Waals surface area contributed by atoms with Crippen molar-refractivity contribution in [1.29, 1.82) is 5.41 Å². The van der Waals surface area contributed by atoms with Gasteiger partial charge in [0.15, 0.2) is 0 Å². The van der Waals surface area contributed by atoms with Crippen molar-refractivity contribution in [2.45, 2.75) is 0 Å². The first-order valence-corrected chi connectivity index (χ1v) is 7.07. The van der Waals surface area contributed by atoms with E-state index in [-0.39, 0.29) is 22.7 Å². The predicted molar refractivity (Wildman–Crippen MR) is 89.3 cm³/mol. The molecule has 0 aliphatic carbocycles. The molecule has 0 saturated carbocycles. The maximum Gasteiger partial charge on any atom is 0.342 e. The minimum absolute atomic E-state index is 0.0692. The number of carbonyl (C=O) groups excluding carboxylic acids is 2. The Kier molecular flexibility index (Phi) is 3.89. The fraction of sp³-hybridized carbons (Fsp3) is 0. The van der Waals surface area contributed by atoms with Gasteiger partial charge in [-0.2, -0.15) is 0 Å². The molecule has 2 aromatic rings. The molecule has 0 aromatic heterocycles. The largest absolute Gasteiger partial charge is 0.342 e. The molecule has 0 bridgehead atoms. The molecule has 0 unspecified atom stereocenters. The first kappa shape index (κ1) is 16.7. The molecule has 1 aliphatic heterocycles. The summed E-state index contributed by atoms with van der Waals surface area (Å²) >= 11 is 0. The van der Waals surface area contributed by atoms with Crippen LogP contribution in [0, 0.1) is 25.6 Å². The number of nitrogens with one attached hydrogen (secondary N) is 1. The number of anilines is 2. The van der Waals surface area contributed by atoms with Crippen LogP contribution in [0.5, 0.6) is 0 Å². The van der Waals surface area contributed by atoms with Crippen molar-refractivity contribution in [2.24, 2.45) is 0 Å². The van der Waals surface area contributed by atoms with E-state index in [9.17, 15) is 29.8 Å². The van der Waals surface area contributed by atoms with Gasteiger partial charge in [0.05, 0.1) is 21.2 Å². The van der Waals surface area contributed by atoms with E-state index in [1.807, 2.05) is 0 Å². The lowest BCUT2D eigenvalue weighted by atomic mass is 10.2. The second kappa shape index (κ2) is 6.05. The van der Waals surface area contributed by atoms with Gasteiger partial charge in [0.1, 0.15) is 0 Å². The summed E-state index contributed by atoms with van der Waals surface area (Å²) in [5.41, 5.74) is -0.233. The highest BCUT2D eigenvalue weighted by molar-refractivity contribution is 6.61. The summed E-state index contributed by atoms with van der Waals surface area (Å²) in [7, 11) is 0. The molecule has 11 heteroatoms. The number of nitro groups is 2. The van der Waals surface area contributed by atoms with Gasteiger partial charge in [0, 0.05) is 24.3 Å². The SMILES string of the molecule is N=C1C(=O)N(c2ccc([N+](=O)[O-])cc2)C(=O)N1c1ccc([N+](=O)[O-])cc1. The number of non-ortho nitro benzene ring substituents is 2. The van der Waals surface area contributed by atoms with Crippen LogP contribution in [0.2, 0.25) is 0 Å². The molecule has 2 aromatic carbocycles. The third-order valence-corrected chi connectivity index (χ3v) is 3.65. The highest BCUT2D eigenvalue weighted by atomic mass is 16.6. The van der Waals surface area contributed by atoms with Gasteiger partial charge in [-0.3, -0.25) is 30.4 Å². The monoisotopic (exact) mass is 355 g/mol. The first-order chi connectivity index (χ1) is 12.3. The number of hydrogen-bond donors (Lipinski definition) is 1. The molecular formula is C15H9N5O6. The number of amidine groups is 1. The number of nitrogens with zero attached hydrogens (tertiary/aromatic N) is 4. The third-order valence-electron chi connectivity index (χ3n) is 3.65. The molecule has 1 heterocycles. The van der Waals surface area contributed by atoms with Crippen LogP contribution >= 0.6 is 0 Å². The average Bonchev–Trinajstić information content (AvgIpc) is 2.84. The van der Waals surface area contributed by atoms with E-state index < -0.39 is 27.6 Å². The number of imide groups is 1. The molecule has 0 spiro atoms. The fourth-order valence-electron chi connectivity index (χ4n) is 2.40. The molecule has 11 nitrogen and oxygen atoms in total. The zero-order chi connectivity index (χ0) is 19.0. The van der Waals surface area contributed by atoms with Gasteiger partial charge in [-0.15, -0.1) is 0 Å². The number of hydrogen-bond acceptors (Lipinski definition) is 7. The van der Waals surface area contributed by atoms with Crippen molar-refractivity contribution in [1.82, 2.24) is 0 Å². The molecular weight excluding hydrogens is 346 g/mol. The standard InChI is InChI=1S/C15H9N5O6/c16-13-14(21)18(10-3-7-12(8-4-10)20(25)26)15(22)17(13)9-1-5-11(6-2-9)19(23)24/h1-8,16H. The van der Waals surface area contributed by atoms with Crippen LogP contribution in [0.15, 0.2) is 48.5 Å². The summed E-state index contributed by atoms with van der Waals surface area (Å²) in [6, 6.07) is 8.64. The van der Waals surface area contributed by atoms with Crippen molar-refractivity contribution in [3.8, 4) is 0 Å². The Bertz CT molecular complexity index is 876. The van der Waals surface area contributed by atoms with E-state index in [1.165, 1.54) is 24.3 Å². The summed E-state index contributed by atoms with van der Waals surface area (Å²) < 4.78 is 0. The predicted octanol–water partition coefficient (Wildman–Crippen LogP) is 2.45. The zero-order valence-electron chi connectivity index (χ0n) is 12.9. The molecule has 1 fully saturated rings. The lowest BCUT2D eigenvalue weighted by molar-refractivity contribution is -0.385. The van der Waals surface area contributed by atoms with E-state index in [2.05, 4.69) is 0 Å². The molecule has 3 rings (SSSR count). The van der Waals surface area contributed by atoms with Crippen LogP contribution in [0.4, 0.5) is 27.5 Å². The van der Waals surface area contributed by atoms with E-state index in [0.717, 1.165) is 29.2 Å². The van der Waals surface area contributed by atoms with Crippen molar-refractivity contribution < 1.29 is 19.4 Å². The van der Waals surface area contributed by atoms with Gasteiger partial charge in [0.25, 0.3) is 11.4 Å². The maximum absolute atomic E-state index is 12.6. The number of rotatable bonds is 4. The second-order valence-electron chi connectivity index (χ2n) is 5.15. The van der Waals surface area contributed by atoms with Crippen molar-refractivity contribution in [2.75, 3.05) is 9.80 Å². The summed E-state index contributed by atoms with van der Waals surface area (Å²) in [4.78, 5) is 46.5. The third kappa shape index (κ3) is 2.62. The van der Waals surface area contributed by atoms with Crippen molar-refractivity contribution >= 4 is 40.5 Å². The number of nitro benzene ring substituents is 2. The Morgan fingerprint density at radius 1 is 0.731 bits per heavy atom. The van der Waals surface area contributed by atoms with Gasteiger partial charge in [-0.25, -0.2) is 14.6 Å². The molecule has 0 radical (unpaired) electrons. The summed E-state index contributed by atoms with van der Waals surface area (Å²) in [5, 5.41) is 29.3. The Hall–Kier alpha value is -4.15. The van der Waals surface area contributed by atoms with Gasteiger partial charge in [0.2, 0.25) is 5.84 Å². The van der Waals surface area contributed by atoms with Crippen LogP contribution < -0.4 is 9.80 Å². The smallest absolute Gasteiger partial charge is 0.279 e. The number of carbonyl (C=O) groups is 2. The molecule has 1 N–H and O–H groups in total. The van der Waals surface area contributed by atoms with Gasteiger partial charge in [-0.05, 0) is 24.3 Å². The van der Waals surface area contributed by atoms with Crippen molar-refractivity contribution in [3.05, 3.63) is 68.8 Å². The lowest BCUT2D eigenvalue weighted by Crippen LogP contribution is -2.33. The van der Waals surface area contributed by atoms with Crippen LogP contribution in [-0.4, -0.2) is 27.6 Å². The molecule has 26 heavy (non-hydrogen) atoms. The summed E-state index contributed by atoms with van der Waals surface area (Å²) in [6.07, 6.45) is 0. The molecule has 1 saturated heterocycles. The Morgan fingerprint density at radius 2 is 1.12 bits per heavy atom. The first-order valence-electron chi connectivity index (χ1n) is 7.07. The highest BCUT2D eigenvalue weighted by Gasteiger charge is 2.43. The number of urea groups is 1. The molecule has 130 valence electrons. The maximum atomic E-state index is 12.6. The highest BCUT2D eigenvalue weighted by Crippen LogP contribution is 2.29. The molecule has 1 aliphatic rings. The molecule has 3 amide bonds. The number of benzene rings is 2. The van der Waals surface area contributed by atoms with E-state index >= 15 is 0 Å². The Balaban J connectivity index is 1.94. The van der Waals surface area contributed by atoms with Crippen LogP contribution in [0.1, 0.15) is 0 Å². The Morgan fingerprint density at radius 3 is 1.50 bits per heavy atom. The topological polar surface area (TPSA) is 151 Å². The quantitative estimate of drug-likeness (QED) is 0.505. The van der Waals surface area contributed by atoms with E-state index in [0.29, 0.717) is 4.90 Å². The zero-order valence-corrected chi connectivity index (χ0v) is 12.9. The van der Waals surface area contributed by atoms with E-state index in [1.54, 1.807) is 0 Å². The number of amides is 3. The van der Waals surface area contributed by atoms with Gasteiger partial charge < -0.3 is 0 Å².